The van der Waals surface area contributed by atoms with Crippen LogP contribution in [0.2, 0.25) is 0 Å². The van der Waals surface area contributed by atoms with Gasteiger partial charge in [0.2, 0.25) is 0 Å². The van der Waals surface area contributed by atoms with Gasteiger partial charge in [-0.15, -0.1) is 0 Å². The van der Waals surface area contributed by atoms with Gasteiger partial charge in [-0.2, -0.15) is 13.2 Å². The van der Waals surface area contributed by atoms with E-state index in [1.807, 2.05) is 66.0 Å². The number of hydrogen-bond donors (Lipinski definition) is 1. The molecule has 3 rings (SSSR count). The molecule has 0 aliphatic carbocycles. The predicted octanol–water partition coefficient (Wildman–Crippen LogP) is 5.07. The lowest BCUT2D eigenvalue weighted by molar-refractivity contribution is -0.173. The van der Waals surface area contributed by atoms with Crippen molar-refractivity contribution in [2.45, 2.75) is 25.8 Å². The second-order valence-electron chi connectivity index (χ2n) is 6.83. The second-order valence-corrected chi connectivity index (χ2v) is 6.83. The fraction of sp³-hybridized carbons (Fsp3) is 0.208. The van der Waals surface area contributed by atoms with Gasteiger partial charge in [0.15, 0.2) is 11.5 Å². The highest BCUT2D eigenvalue weighted by Crippen LogP contribution is 2.30. The molecule has 1 amide bonds. The maximum absolute atomic E-state index is 12.3. The normalized spacial score (nSPS) is 11.1. The molecule has 0 aromatic heterocycles. The third-order valence-electron chi connectivity index (χ3n) is 4.44. The largest absolute Gasteiger partial charge is 0.485 e. The minimum atomic E-state index is -4.89. The zero-order chi connectivity index (χ0) is 22.1. The van der Waals surface area contributed by atoms with E-state index in [0.717, 1.165) is 16.7 Å². The van der Waals surface area contributed by atoms with E-state index in [-0.39, 0.29) is 13.0 Å². The molecule has 0 bridgehead atoms. The number of carbonyl (C=O) groups excluding carboxylic acids is 1. The molecule has 0 radical (unpaired) electrons. The average molecular weight is 429 g/mol. The van der Waals surface area contributed by atoms with Crippen molar-refractivity contribution in [3.8, 4) is 11.5 Å². The quantitative estimate of drug-likeness (QED) is 0.517. The van der Waals surface area contributed by atoms with Crippen LogP contribution >= 0.6 is 0 Å². The van der Waals surface area contributed by atoms with E-state index in [0.29, 0.717) is 24.7 Å². The molecular formula is C24H22F3NO3. The first-order valence-electron chi connectivity index (χ1n) is 9.73. The smallest absolute Gasteiger partial charge is 0.471 e. The van der Waals surface area contributed by atoms with E-state index in [2.05, 4.69) is 0 Å². The molecular weight excluding hydrogens is 407 g/mol. The van der Waals surface area contributed by atoms with Gasteiger partial charge in [0.05, 0.1) is 0 Å². The maximum Gasteiger partial charge on any atom is 0.471 e. The van der Waals surface area contributed by atoms with E-state index in [1.54, 1.807) is 18.2 Å². The van der Waals surface area contributed by atoms with Gasteiger partial charge < -0.3 is 14.8 Å². The first kappa shape index (κ1) is 22.2. The Bertz CT molecular complexity index is 976. The summed E-state index contributed by atoms with van der Waals surface area (Å²) in [5, 5.41) is 1.87. The van der Waals surface area contributed by atoms with Crippen LogP contribution in [-0.2, 0) is 24.4 Å². The molecule has 0 unspecified atom stereocenters. The van der Waals surface area contributed by atoms with Crippen LogP contribution in [0, 0.1) is 0 Å². The van der Waals surface area contributed by atoms with Crippen LogP contribution in [0.5, 0.6) is 11.5 Å². The Morgan fingerprint density at radius 2 is 1.29 bits per heavy atom. The van der Waals surface area contributed by atoms with Crippen molar-refractivity contribution in [3.63, 3.8) is 0 Å². The Hall–Kier alpha value is -3.48. The monoisotopic (exact) mass is 429 g/mol. The summed E-state index contributed by atoms with van der Waals surface area (Å²) in [5.41, 5.74) is 2.69. The lowest BCUT2D eigenvalue weighted by atomic mass is 10.1. The summed E-state index contributed by atoms with van der Waals surface area (Å²) in [6.45, 7) is 0.529. The molecule has 3 aromatic carbocycles. The molecule has 7 heteroatoms. The van der Waals surface area contributed by atoms with Crippen LogP contribution in [0.25, 0.3) is 0 Å². The fourth-order valence-electron chi connectivity index (χ4n) is 2.83. The van der Waals surface area contributed by atoms with Crippen molar-refractivity contribution in [1.29, 1.82) is 0 Å². The molecule has 3 aromatic rings. The minimum absolute atomic E-state index is 0.138. The number of halogens is 3. The summed E-state index contributed by atoms with van der Waals surface area (Å²) in [6.07, 6.45) is -4.67. The summed E-state index contributed by atoms with van der Waals surface area (Å²) in [4.78, 5) is 11.0. The molecule has 0 heterocycles. The van der Waals surface area contributed by atoms with Crippen LogP contribution in [0.4, 0.5) is 13.2 Å². The van der Waals surface area contributed by atoms with Crippen LogP contribution in [-0.4, -0.2) is 18.6 Å². The van der Waals surface area contributed by atoms with Gasteiger partial charge in [-0.25, -0.2) is 0 Å². The molecule has 162 valence electrons. The van der Waals surface area contributed by atoms with Crippen LogP contribution in [0.15, 0.2) is 78.9 Å². The summed E-state index contributed by atoms with van der Waals surface area (Å²) in [5.74, 6) is -0.932. The van der Waals surface area contributed by atoms with Crippen molar-refractivity contribution in [2.24, 2.45) is 0 Å². The Morgan fingerprint density at radius 1 is 0.742 bits per heavy atom. The molecule has 0 saturated carbocycles. The Kier molecular flexibility index (Phi) is 7.54. The third-order valence-corrected chi connectivity index (χ3v) is 4.44. The predicted molar refractivity (Wildman–Crippen MR) is 111 cm³/mol. The highest BCUT2D eigenvalue weighted by molar-refractivity contribution is 5.81. The zero-order valence-corrected chi connectivity index (χ0v) is 16.7. The first-order chi connectivity index (χ1) is 14.9. The van der Waals surface area contributed by atoms with Crippen molar-refractivity contribution in [3.05, 3.63) is 95.6 Å². The number of nitrogens with one attached hydrogen (secondary N) is 1. The van der Waals surface area contributed by atoms with E-state index in [9.17, 15) is 18.0 Å². The lowest BCUT2D eigenvalue weighted by Gasteiger charge is -2.15. The molecule has 0 atom stereocenters. The average Bonchev–Trinajstić information content (AvgIpc) is 2.77. The van der Waals surface area contributed by atoms with E-state index >= 15 is 0 Å². The molecule has 0 fully saturated rings. The van der Waals surface area contributed by atoms with Crippen molar-refractivity contribution in [2.75, 3.05) is 6.54 Å². The standard InChI is InChI=1S/C24H22F3NO3/c25-24(26,27)23(29)28-14-13-18-11-12-21(30-16-19-7-3-1-4-8-19)22(15-18)31-17-20-9-5-2-6-10-20/h1-12,15H,13-14,16-17H2,(H,28,29). The third kappa shape index (κ3) is 7.06. The van der Waals surface area contributed by atoms with Crippen LogP contribution in [0.3, 0.4) is 0 Å². The lowest BCUT2D eigenvalue weighted by Crippen LogP contribution is -2.37. The van der Waals surface area contributed by atoms with Crippen LogP contribution in [0.1, 0.15) is 16.7 Å². The van der Waals surface area contributed by atoms with Crippen molar-refractivity contribution in [1.82, 2.24) is 5.32 Å². The van der Waals surface area contributed by atoms with Crippen LogP contribution < -0.4 is 14.8 Å². The van der Waals surface area contributed by atoms with Gasteiger partial charge in [0, 0.05) is 6.54 Å². The van der Waals surface area contributed by atoms with Gasteiger partial charge in [0.25, 0.3) is 0 Å². The molecule has 4 nitrogen and oxygen atoms in total. The SMILES string of the molecule is O=C(NCCc1ccc(OCc2ccccc2)c(OCc2ccccc2)c1)C(F)(F)F. The number of rotatable bonds is 9. The number of ether oxygens (including phenoxy) is 2. The zero-order valence-electron chi connectivity index (χ0n) is 16.7. The van der Waals surface area contributed by atoms with E-state index in [4.69, 9.17) is 9.47 Å². The maximum atomic E-state index is 12.3. The highest BCUT2D eigenvalue weighted by Gasteiger charge is 2.38. The first-order valence-corrected chi connectivity index (χ1v) is 9.73. The van der Waals surface area contributed by atoms with Gasteiger partial charge in [-0.1, -0.05) is 66.7 Å². The summed E-state index contributed by atoms with van der Waals surface area (Å²) < 4.78 is 48.8. The summed E-state index contributed by atoms with van der Waals surface area (Å²) in [6, 6.07) is 24.4. The number of hydrogen-bond acceptors (Lipinski definition) is 3. The summed E-state index contributed by atoms with van der Waals surface area (Å²) in [7, 11) is 0. The fourth-order valence-corrected chi connectivity index (χ4v) is 2.83. The molecule has 0 aliphatic heterocycles. The minimum Gasteiger partial charge on any atom is -0.485 e. The Labute approximate surface area is 178 Å². The van der Waals surface area contributed by atoms with Gasteiger partial charge >= 0.3 is 12.1 Å². The second kappa shape index (κ2) is 10.5. The molecule has 0 aliphatic rings. The molecule has 0 spiro atoms. The van der Waals surface area contributed by atoms with Gasteiger partial charge in [0.1, 0.15) is 13.2 Å². The van der Waals surface area contributed by atoms with Crippen molar-refractivity contribution >= 4 is 5.91 Å². The number of amides is 1. The van der Waals surface area contributed by atoms with Gasteiger partial charge in [-0.05, 0) is 35.2 Å². The summed E-state index contributed by atoms with van der Waals surface area (Å²) >= 11 is 0. The van der Waals surface area contributed by atoms with Crippen molar-refractivity contribution < 1.29 is 27.4 Å². The van der Waals surface area contributed by atoms with Gasteiger partial charge in [-0.3, -0.25) is 4.79 Å². The molecule has 0 saturated heterocycles. The number of benzene rings is 3. The Morgan fingerprint density at radius 3 is 1.84 bits per heavy atom. The molecule has 1 N–H and O–H groups in total. The number of carbonyl (C=O) groups is 1. The highest BCUT2D eigenvalue weighted by atomic mass is 19.4. The van der Waals surface area contributed by atoms with E-state index in [1.165, 1.54) is 0 Å². The molecule has 31 heavy (non-hydrogen) atoms. The topological polar surface area (TPSA) is 47.6 Å². The van der Waals surface area contributed by atoms with E-state index < -0.39 is 12.1 Å². The number of alkyl halides is 3. The Balaban J connectivity index is 1.68.